The van der Waals surface area contributed by atoms with E-state index in [9.17, 15) is 4.79 Å². The van der Waals surface area contributed by atoms with Gasteiger partial charge in [0.2, 0.25) is 5.91 Å². The molecule has 0 spiro atoms. The van der Waals surface area contributed by atoms with Crippen LogP contribution in [0.5, 0.6) is 0 Å². The number of likely N-dealkylation sites (tertiary alicyclic amines) is 1. The first-order valence-corrected chi connectivity index (χ1v) is 6.19. The second kappa shape index (κ2) is 4.52. The lowest BCUT2D eigenvalue weighted by atomic mass is 9.93. The molecule has 2 saturated heterocycles. The van der Waals surface area contributed by atoms with Gasteiger partial charge in [0, 0.05) is 19.1 Å². The van der Waals surface area contributed by atoms with Gasteiger partial charge in [-0.3, -0.25) is 4.79 Å². The van der Waals surface area contributed by atoms with Gasteiger partial charge in [0.05, 0.1) is 5.92 Å². The van der Waals surface area contributed by atoms with E-state index in [1.54, 1.807) is 0 Å². The summed E-state index contributed by atoms with van der Waals surface area (Å²) in [7, 11) is 0. The number of nitrogens with one attached hydrogen (secondary N) is 1. The highest BCUT2D eigenvalue weighted by atomic mass is 16.2. The molecule has 2 heterocycles. The molecule has 15 heavy (non-hydrogen) atoms. The summed E-state index contributed by atoms with van der Waals surface area (Å²) in [6.07, 6.45) is 3.47. The van der Waals surface area contributed by atoms with Gasteiger partial charge in [-0.1, -0.05) is 6.92 Å². The number of amides is 1. The molecule has 1 amide bonds. The van der Waals surface area contributed by atoms with E-state index in [1.807, 2.05) is 0 Å². The zero-order chi connectivity index (χ0) is 10.8. The zero-order valence-corrected chi connectivity index (χ0v) is 9.83. The summed E-state index contributed by atoms with van der Waals surface area (Å²) in [6, 6.07) is 0.453. The Bertz CT molecular complexity index is 236. The van der Waals surface area contributed by atoms with Crippen LogP contribution in [0, 0.1) is 11.8 Å². The highest BCUT2D eigenvalue weighted by molar-refractivity contribution is 5.79. The van der Waals surface area contributed by atoms with Crippen LogP contribution in [0.4, 0.5) is 0 Å². The number of nitrogens with zero attached hydrogens (tertiary/aromatic N) is 1. The van der Waals surface area contributed by atoms with Crippen molar-refractivity contribution in [2.75, 3.05) is 19.6 Å². The predicted molar refractivity (Wildman–Crippen MR) is 60.5 cm³/mol. The van der Waals surface area contributed by atoms with Gasteiger partial charge in [0.15, 0.2) is 0 Å². The van der Waals surface area contributed by atoms with Crippen molar-refractivity contribution >= 4 is 5.91 Å². The standard InChI is InChI=1S/C12H22N2O/c1-9-3-4-10(2)14(8-9)12(15)11-5-6-13-7-11/h9-11,13H,3-8H2,1-2H3/t9?,10?,11-/m0/s1. The summed E-state index contributed by atoms with van der Waals surface area (Å²) < 4.78 is 0. The summed E-state index contributed by atoms with van der Waals surface area (Å²) in [4.78, 5) is 14.4. The number of carbonyl (C=O) groups is 1. The molecule has 1 N–H and O–H groups in total. The monoisotopic (exact) mass is 210 g/mol. The van der Waals surface area contributed by atoms with Gasteiger partial charge >= 0.3 is 0 Å². The number of carbonyl (C=O) groups excluding carboxylic acids is 1. The van der Waals surface area contributed by atoms with Crippen LogP contribution in [0.25, 0.3) is 0 Å². The van der Waals surface area contributed by atoms with E-state index in [2.05, 4.69) is 24.1 Å². The first kappa shape index (κ1) is 10.9. The third-order valence-corrected chi connectivity index (χ3v) is 3.81. The lowest BCUT2D eigenvalue weighted by Crippen LogP contribution is -2.47. The van der Waals surface area contributed by atoms with Crippen molar-refractivity contribution in [1.29, 1.82) is 0 Å². The zero-order valence-electron chi connectivity index (χ0n) is 9.83. The van der Waals surface area contributed by atoms with Crippen molar-refractivity contribution in [3.05, 3.63) is 0 Å². The Morgan fingerprint density at radius 1 is 1.27 bits per heavy atom. The molecule has 2 aliphatic rings. The average Bonchev–Trinajstić information content (AvgIpc) is 2.74. The number of piperidine rings is 1. The van der Waals surface area contributed by atoms with Gasteiger partial charge in [-0.05, 0) is 38.6 Å². The number of hydrogen-bond acceptors (Lipinski definition) is 2. The Balaban J connectivity index is 1.97. The Morgan fingerprint density at radius 3 is 2.73 bits per heavy atom. The van der Waals surface area contributed by atoms with Gasteiger partial charge < -0.3 is 10.2 Å². The molecular formula is C12H22N2O. The van der Waals surface area contributed by atoms with E-state index >= 15 is 0 Å². The Hall–Kier alpha value is -0.570. The molecule has 3 nitrogen and oxygen atoms in total. The predicted octanol–water partition coefficient (Wildman–Crippen LogP) is 1.24. The fourth-order valence-electron chi connectivity index (χ4n) is 2.70. The molecule has 86 valence electrons. The smallest absolute Gasteiger partial charge is 0.227 e. The molecule has 0 aromatic rings. The minimum absolute atomic E-state index is 0.248. The molecule has 2 aliphatic heterocycles. The van der Waals surface area contributed by atoms with Crippen molar-refractivity contribution in [3.63, 3.8) is 0 Å². The van der Waals surface area contributed by atoms with E-state index in [0.29, 0.717) is 17.9 Å². The molecule has 2 rings (SSSR count). The Labute approximate surface area is 92.2 Å². The van der Waals surface area contributed by atoms with Crippen LogP contribution >= 0.6 is 0 Å². The van der Waals surface area contributed by atoms with Crippen molar-refractivity contribution in [1.82, 2.24) is 10.2 Å². The third-order valence-electron chi connectivity index (χ3n) is 3.81. The van der Waals surface area contributed by atoms with Crippen LogP contribution < -0.4 is 5.32 Å². The van der Waals surface area contributed by atoms with Crippen molar-refractivity contribution in [2.24, 2.45) is 11.8 Å². The second-order valence-electron chi connectivity index (χ2n) is 5.21. The second-order valence-corrected chi connectivity index (χ2v) is 5.21. The highest BCUT2D eigenvalue weighted by Crippen LogP contribution is 2.24. The quantitative estimate of drug-likeness (QED) is 0.706. The van der Waals surface area contributed by atoms with Crippen LogP contribution in [0.3, 0.4) is 0 Å². The van der Waals surface area contributed by atoms with Gasteiger partial charge in [-0.15, -0.1) is 0 Å². The molecule has 2 unspecified atom stereocenters. The minimum Gasteiger partial charge on any atom is -0.339 e. The van der Waals surface area contributed by atoms with Crippen molar-refractivity contribution in [3.8, 4) is 0 Å². The van der Waals surface area contributed by atoms with E-state index in [0.717, 1.165) is 26.1 Å². The molecule has 0 aromatic carbocycles. The largest absolute Gasteiger partial charge is 0.339 e. The van der Waals surface area contributed by atoms with Crippen molar-refractivity contribution in [2.45, 2.75) is 39.2 Å². The molecular weight excluding hydrogens is 188 g/mol. The molecule has 0 radical (unpaired) electrons. The molecule has 3 atom stereocenters. The molecule has 2 fully saturated rings. The van der Waals surface area contributed by atoms with Crippen LogP contribution in [0.2, 0.25) is 0 Å². The van der Waals surface area contributed by atoms with E-state index in [-0.39, 0.29) is 5.92 Å². The van der Waals surface area contributed by atoms with Gasteiger partial charge in [0.25, 0.3) is 0 Å². The third kappa shape index (κ3) is 2.33. The average molecular weight is 210 g/mol. The van der Waals surface area contributed by atoms with E-state index in [4.69, 9.17) is 0 Å². The van der Waals surface area contributed by atoms with Crippen LogP contribution in [0.1, 0.15) is 33.1 Å². The van der Waals surface area contributed by atoms with Crippen molar-refractivity contribution < 1.29 is 4.79 Å². The van der Waals surface area contributed by atoms with Gasteiger partial charge in [-0.2, -0.15) is 0 Å². The maximum Gasteiger partial charge on any atom is 0.227 e. The van der Waals surface area contributed by atoms with Crippen LogP contribution in [-0.2, 0) is 4.79 Å². The lowest BCUT2D eigenvalue weighted by molar-refractivity contribution is -0.139. The van der Waals surface area contributed by atoms with E-state index < -0.39 is 0 Å². The molecule has 0 aliphatic carbocycles. The SMILES string of the molecule is CC1CCC(C)N(C(=O)[C@H]2CCNC2)C1. The fraction of sp³-hybridized carbons (Fsp3) is 0.917. The minimum atomic E-state index is 0.248. The molecule has 0 saturated carbocycles. The summed E-state index contributed by atoms with van der Waals surface area (Å²) in [5, 5.41) is 3.27. The molecule has 0 bridgehead atoms. The Kier molecular flexibility index (Phi) is 3.29. The topological polar surface area (TPSA) is 32.3 Å². The Morgan fingerprint density at radius 2 is 2.07 bits per heavy atom. The molecule has 3 heteroatoms. The summed E-state index contributed by atoms with van der Waals surface area (Å²) in [6.45, 7) is 7.30. The van der Waals surface area contributed by atoms with Gasteiger partial charge in [0.1, 0.15) is 0 Å². The fourth-order valence-corrected chi connectivity index (χ4v) is 2.70. The maximum absolute atomic E-state index is 12.2. The van der Waals surface area contributed by atoms with Gasteiger partial charge in [-0.25, -0.2) is 0 Å². The summed E-state index contributed by atoms with van der Waals surface area (Å²) >= 11 is 0. The molecule has 0 aromatic heterocycles. The van der Waals surface area contributed by atoms with Crippen LogP contribution in [-0.4, -0.2) is 36.5 Å². The normalized spacial score (nSPS) is 36.9. The highest BCUT2D eigenvalue weighted by Gasteiger charge is 2.32. The maximum atomic E-state index is 12.2. The lowest BCUT2D eigenvalue weighted by Gasteiger charge is -2.38. The summed E-state index contributed by atoms with van der Waals surface area (Å²) in [5.74, 6) is 1.32. The van der Waals surface area contributed by atoms with E-state index in [1.165, 1.54) is 12.8 Å². The number of hydrogen-bond donors (Lipinski definition) is 1. The van der Waals surface area contributed by atoms with Crippen LogP contribution in [0.15, 0.2) is 0 Å². The summed E-state index contributed by atoms with van der Waals surface area (Å²) in [5.41, 5.74) is 0. The number of rotatable bonds is 1. The first-order valence-electron chi connectivity index (χ1n) is 6.19. The first-order chi connectivity index (χ1) is 7.18.